The van der Waals surface area contributed by atoms with Crippen molar-refractivity contribution < 1.29 is 9.35 Å². The first-order valence-electron chi connectivity index (χ1n) is 5.39. The molecule has 1 atom stereocenters. The van der Waals surface area contributed by atoms with E-state index in [1.807, 2.05) is 6.07 Å². The predicted molar refractivity (Wildman–Crippen MR) is 73.5 cm³/mol. The fraction of sp³-hybridized carbons (Fsp3) is 0.0714. The first-order valence-corrected chi connectivity index (χ1v) is 7.09. The summed E-state index contributed by atoms with van der Waals surface area (Å²) < 4.78 is 12.0. The van der Waals surface area contributed by atoms with E-state index in [1.54, 1.807) is 48.5 Å². The zero-order valence-corrected chi connectivity index (χ0v) is 11.1. The van der Waals surface area contributed by atoms with Gasteiger partial charge in [0.15, 0.2) is 10.6 Å². The molecule has 92 valence electrons. The van der Waals surface area contributed by atoms with Crippen LogP contribution in [0.1, 0.15) is 10.4 Å². The molecule has 0 saturated heterocycles. The summed E-state index contributed by atoms with van der Waals surface area (Å²) in [6.07, 6.45) is 0. The third-order valence-electron chi connectivity index (χ3n) is 2.43. The Morgan fingerprint density at radius 2 is 1.67 bits per heavy atom. The van der Waals surface area contributed by atoms with Gasteiger partial charge in [-0.15, -0.1) is 0 Å². The van der Waals surface area contributed by atoms with E-state index in [0.717, 1.165) is 0 Å². The van der Waals surface area contributed by atoms with Crippen molar-refractivity contribution in [2.24, 2.45) is 0 Å². The summed E-state index contributed by atoms with van der Waals surface area (Å²) in [5, 5.41) is 0.588. The largest absolute Gasteiger partial charge is 0.611 e. The van der Waals surface area contributed by atoms with Gasteiger partial charge in [0.05, 0.1) is 0 Å². The summed E-state index contributed by atoms with van der Waals surface area (Å²) in [5.41, 5.74) is 0.583. The lowest BCUT2D eigenvalue weighted by atomic mass is 10.2. The summed E-state index contributed by atoms with van der Waals surface area (Å²) in [6, 6.07) is 15.6. The van der Waals surface area contributed by atoms with E-state index in [2.05, 4.69) is 0 Å². The molecule has 2 aromatic rings. The molecule has 0 aliphatic heterocycles. The second kappa shape index (κ2) is 6.05. The Kier molecular flexibility index (Phi) is 4.42. The number of benzene rings is 2. The standard InChI is InChI=1S/C14H11ClO2S/c15-12-6-8-13(9-7-12)18(17)10-14(16)11-4-2-1-3-5-11/h1-9H,10H2. The van der Waals surface area contributed by atoms with Crippen LogP contribution in [0.4, 0.5) is 0 Å². The first-order chi connectivity index (χ1) is 8.66. The van der Waals surface area contributed by atoms with E-state index >= 15 is 0 Å². The lowest BCUT2D eigenvalue weighted by Crippen LogP contribution is -2.16. The maximum atomic E-state index is 12.0. The average Bonchev–Trinajstić information content (AvgIpc) is 2.40. The Labute approximate surface area is 114 Å². The minimum atomic E-state index is -1.33. The van der Waals surface area contributed by atoms with Crippen LogP contribution in [0.2, 0.25) is 5.02 Å². The van der Waals surface area contributed by atoms with E-state index in [1.165, 1.54) is 0 Å². The molecule has 2 nitrogen and oxygen atoms in total. The summed E-state index contributed by atoms with van der Waals surface area (Å²) >= 11 is 4.42. The van der Waals surface area contributed by atoms with Crippen LogP contribution >= 0.6 is 11.6 Å². The third kappa shape index (κ3) is 3.35. The lowest BCUT2D eigenvalue weighted by Gasteiger charge is -2.09. The van der Waals surface area contributed by atoms with Crippen LogP contribution in [-0.4, -0.2) is 16.1 Å². The smallest absolute Gasteiger partial charge is 0.212 e. The summed E-state index contributed by atoms with van der Waals surface area (Å²) in [5.74, 6) is -0.130. The number of rotatable bonds is 4. The maximum absolute atomic E-state index is 12.0. The molecule has 2 aromatic carbocycles. The number of carbonyl (C=O) groups is 1. The van der Waals surface area contributed by atoms with Gasteiger partial charge >= 0.3 is 0 Å². The van der Waals surface area contributed by atoms with Gasteiger partial charge in [-0.25, -0.2) is 0 Å². The van der Waals surface area contributed by atoms with E-state index in [9.17, 15) is 9.35 Å². The van der Waals surface area contributed by atoms with E-state index in [-0.39, 0.29) is 11.5 Å². The number of hydrogen-bond acceptors (Lipinski definition) is 2. The van der Waals surface area contributed by atoms with Crippen molar-refractivity contribution >= 4 is 28.6 Å². The Bertz CT molecular complexity index is 525. The van der Waals surface area contributed by atoms with Gasteiger partial charge in [-0.1, -0.05) is 41.9 Å². The fourth-order valence-electron chi connectivity index (χ4n) is 1.50. The molecule has 0 spiro atoms. The molecule has 2 rings (SSSR count). The van der Waals surface area contributed by atoms with Crippen molar-refractivity contribution in [2.75, 3.05) is 5.75 Å². The molecule has 0 aliphatic carbocycles. The second-order valence-electron chi connectivity index (χ2n) is 3.73. The molecule has 0 heterocycles. The highest BCUT2D eigenvalue weighted by Gasteiger charge is 2.17. The first kappa shape index (κ1) is 13.1. The van der Waals surface area contributed by atoms with Gasteiger partial charge in [-0.05, 0) is 35.4 Å². The quantitative estimate of drug-likeness (QED) is 0.636. The second-order valence-corrected chi connectivity index (χ2v) is 5.62. The van der Waals surface area contributed by atoms with Crippen molar-refractivity contribution in [3.8, 4) is 0 Å². The van der Waals surface area contributed by atoms with Gasteiger partial charge in [0.25, 0.3) is 0 Å². The highest BCUT2D eigenvalue weighted by molar-refractivity contribution is 7.92. The van der Waals surface area contributed by atoms with Crippen LogP contribution in [0, 0.1) is 0 Å². The Hall–Kier alpha value is -1.29. The van der Waals surface area contributed by atoms with Gasteiger partial charge in [0, 0.05) is 10.6 Å². The van der Waals surface area contributed by atoms with Crippen molar-refractivity contribution in [1.82, 2.24) is 0 Å². The number of ketones is 1. The number of halogens is 1. The van der Waals surface area contributed by atoms with Crippen LogP contribution in [0.3, 0.4) is 0 Å². The minimum Gasteiger partial charge on any atom is -0.611 e. The Morgan fingerprint density at radius 1 is 1.06 bits per heavy atom. The molecule has 1 unspecified atom stereocenters. The predicted octanol–water partition coefficient (Wildman–Crippen LogP) is 3.33. The molecule has 4 heteroatoms. The van der Waals surface area contributed by atoms with Crippen LogP contribution in [-0.2, 0) is 11.2 Å². The number of carbonyl (C=O) groups excluding carboxylic acids is 1. The maximum Gasteiger partial charge on any atom is 0.212 e. The third-order valence-corrected chi connectivity index (χ3v) is 4.01. The van der Waals surface area contributed by atoms with Gasteiger partial charge in [-0.2, -0.15) is 0 Å². The molecule has 0 saturated carbocycles. The van der Waals surface area contributed by atoms with Gasteiger partial charge in [0.2, 0.25) is 5.78 Å². The van der Waals surface area contributed by atoms with Crippen LogP contribution < -0.4 is 0 Å². The SMILES string of the molecule is O=C(C[S+]([O-])c1ccc(Cl)cc1)c1ccccc1. The molecule has 0 amide bonds. The monoisotopic (exact) mass is 278 g/mol. The summed E-state index contributed by atoms with van der Waals surface area (Å²) in [7, 11) is 0. The van der Waals surface area contributed by atoms with Crippen LogP contribution in [0.25, 0.3) is 0 Å². The van der Waals surface area contributed by atoms with Crippen molar-refractivity contribution in [1.29, 1.82) is 0 Å². The topological polar surface area (TPSA) is 40.1 Å². The average molecular weight is 279 g/mol. The lowest BCUT2D eigenvalue weighted by molar-refractivity contribution is 0.102. The van der Waals surface area contributed by atoms with Crippen LogP contribution in [0.5, 0.6) is 0 Å². The molecule has 0 aromatic heterocycles. The fourth-order valence-corrected chi connectivity index (χ4v) is 2.63. The minimum absolute atomic E-state index is 0.00829. The van der Waals surface area contributed by atoms with Crippen molar-refractivity contribution in [3.63, 3.8) is 0 Å². The van der Waals surface area contributed by atoms with Crippen molar-refractivity contribution in [2.45, 2.75) is 4.90 Å². The molecule has 0 radical (unpaired) electrons. The Balaban J connectivity index is 2.06. The van der Waals surface area contributed by atoms with E-state index < -0.39 is 11.2 Å². The molecule has 0 aliphatic rings. The zero-order valence-electron chi connectivity index (χ0n) is 9.51. The normalized spacial score (nSPS) is 12.1. The molecule has 0 N–H and O–H groups in total. The highest BCUT2D eigenvalue weighted by Crippen LogP contribution is 2.16. The van der Waals surface area contributed by atoms with E-state index in [0.29, 0.717) is 15.5 Å². The number of Topliss-reactive ketones (excluding diaryl/α,β-unsaturated/α-hetero) is 1. The Morgan fingerprint density at radius 3 is 2.28 bits per heavy atom. The van der Waals surface area contributed by atoms with Gasteiger partial charge < -0.3 is 4.55 Å². The van der Waals surface area contributed by atoms with E-state index in [4.69, 9.17) is 11.6 Å². The zero-order chi connectivity index (χ0) is 13.0. The molecular weight excluding hydrogens is 268 g/mol. The van der Waals surface area contributed by atoms with Crippen LogP contribution in [0.15, 0.2) is 59.5 Å². The molecule has 0 fully saturated rings. The number of hydrogen-bond donors (Lipinski definition) is 0. The van der Waals surface area contributed by atoms with Gasteiger partial charge in [-0.3, -0.25) is 4.79 Å². The summed E-state index contributed by atoms with van der Waals surface area (Å²) in [6.45, 7) is 0. The highest BCUT2D eigenvalue weighted by atomic mass is 35.5. The molecular formula is C14H11ClO2S. The van der Waals surface area contributed by atoms with Crippen molar-refractivity contribution in [3.05, 3.63) is 65.2 Å². The van der Waals surface area contributed by atoms with Gasteiger partial charge in [0.1, 0.15) is 0 Å². The molecule has 18 heavy (non-hydrogen) atoms. The summed E-state index contributed by atoms with van der Waals surface area (Å²) in [4.78, 5) is 12.5. The molecule has 0 bridgehead atoms.